The molecule has 0 aromatic rings. The molecular formula is C10H17N2O7P. The van der Waals surface area contributed by atoms with Crippen molar-refractivity contribution >= 4 is 26.0 Å². The molecule has 3 atom stereocenters. The molecular weight excluding hydrogens is 291 g/mol. The smallest absolute Gasteiger partial charge is 0.320 e. The van der Waals surface area contributed by atoms with Gasteiger partial charge in [0.05, 0.1) is 14.0 Å². The number of carbonyl (C=O) groups is 3. The molecule has 0 saturated carbocycles. The minimum atomic E-state index is -1.57. The monoisotopic (exact) mass is 308 g/mol. The van der Waals surface area contributed by atoms with Crippen LogP contribution in [0, 0.1) is 10.8 Å². The summed E-state index contributed by atoms with van der Waals surface area (Å²) in [5, 5.41) is 26.1. The summed E-state index contributed by atoms with van der Waals surface area (Å²) in [6, 6.07) is -1.12. The van der Waals surface area contributed by atoms with Crippen LogP contribution in [0.5, 0.6) is 0 Å². The first kappa shape index (κ1) is 18.4. The van der Waals surface area contributed by atoms with Gasteiger partial charge < -0.3 is 21.1 Å². The zero-order valence-electron chi connectivity index (χ0n) is 10.6. The second-order valence-corrected chi connectivity index (χ2v) is 6.18. The van der Waals surface area contributed by atoms with Crippen molar-refractivity contribution in [3.63, 3.8) is 0 Å². The molecule has 0 heterocycles. The van der Waals surface area contributed by atoms with Crippen molar-refractivity contribution in [3.8, 4) is 0 Å². The number of rotatable bonds is 11. The number of nitrogens with two attached hydrogens (primary N) is 1. The Morgan fingerprint density at radius 3 is 2.10 bits per heavy atom. The van der Waals surface area contributed by atoms with E-state index < -0.39 is 37.9 Å². The molecule has 0 aliphatic rings. The van der Waals surface area contributed by atoms with Gasteiger partial charge in [-0.1, -0.05) is 0 Å². The van der Waals surface area contributed by atoms with Crippen molar-refractivity contribution in [1.29, 1.82) is 0 Å². The van der Waals surface area contributed by atoms with E-state index in [4.69, 9.17) is 21.1 Å². The summed E-state index contributed by atoms with van der Waals surface area (Å²) in [5.74, 6) is -4.49. The molecule has 0 saturated heterocycles. The fourth-order valence-corrected chi connectivity index (χ4v) is 3.18. The molecule has 114 valence electrons. The van der Waals surface area contributed by atoms with E-state index in [-0.39, 0.29) is 31.6 Å². The van der Waals surface area contributed by atoms with E-state index in [1.807, 2.05) is 0 Å². The first-order valence-corrected chi connectivity index (χ1v) is 7.45. The topological polar surface area (TPSA) is 167 Å². The Kier molecular flexibility index (Phi) is 8.58. The van der Waals surface area contributed by atoms with Crippen molar-refractivity contribution < 1.29 is 29.7 Å². The average molecular weight is 308 g/mol. The number of hydrogen-bond donors (Lipinski definition) is 4. The quantitative estimate of drug-likeness (QED) is 0.316. The third-order valence-corrected chi connectivity index (χ3v) is 4.49. The van der Waals surface area contributed by atoms with E-state index >= 15 is 0 Å². The van der Waals surface area contributed by atoms with Crippen molar-refractivity contribution in [2.24, 2.45) is 16.6 Å². The fraction of sp³-hybridized carbons (Fsp3) is 0.700. The Balaban J connectivity index is 4.41. The van der Waals surface area contributed by atoms with Gasteiger partial charge in [0.2, 0.25) is 0 Å². The lowest BCUT2D eigenvalue weighted by atomic mass is 10.1. The van der Waals surface area contributed by atoms with Crippen LogP contribution in [0.1, 0.15) is 19.3 Å². The molecule has 0 spiro atoms. The molecule has 5 N–H and O–H groups in total. The summed E-state index contributed by atoms with van der Waals surface area (Å²) in [6.07, 6.45) is -0.327. The molecule has 20 heavy (non-hydrogen) atoms. The van der Waals surface area contributed by atoms with Gasteiger partial charge in [-0.15, -0.1) is 4.91 Å². The first-order valence-electron chi connectivity index (χ1n) is 5.79. The van der Waals surface area contributed by atoms with Crippen molar-refractivity contribution in [2.45, 2.75) is 25.3 Å². The number of nitroso groups, excluding NO2 is 1. The minimum absolute atomic E-state index is 0.0258. The van der Waals surface area contributed by atoms with Gasteiger partial charge in [0, 0.05) is 12.6 Å². The van der Waals surface area contributed by atoms with Crippen LogP contribution in [0.25, 0.3) is 0 Å². The summed E-state index contributed by atoms with van der Waals surface area (Å²) in [5.41, 5.74) is 5.28. The summed E-state index contributed by atoms with van der Waals surface area (Å²) in [4.78, 5) is 45.4. The van der Waals surface area contributed by atoms with E-state index in [0.29, 0.717) is 0 Å². The van der Waals surface area contributed by atoms with Crippen LogP contribution in [0.4, 0.5) is 0 Å². The molecule has 3 unspecified atom stereocenters. The number of carboxylic acids is 3. The highest BCUT2D eigenvalue weighted by Crippen LogP contribution is 2.40. The summed E-state index contributed by atoms with van der Waals surface area (Å²) >= 11 is 0. The lowest BCUT2D eigenvalue weighted by molar-refractivity contribution is -0.142. The van der Waals surface area contributed by atoms with Gasteiger partial charge in [-0.2, -0.15) is 0 Å². The van der Waals surface area contributed by atoms with Crippen molar-refractivity contribution in [1.82, 2.24) is 0 Å². The van der Waals surface area contributed by atoms with Crippen molar-refractivity contribution in [3.05, 3.63) is 4.91 Å². The summed E-state index contributed by atoms with van der Waals surface area (Å²) < 4.78 is 0. The van der Waals surface area contributed by atoms with Gasteiger partial charge in [0.15, 0.2) is 0 Å². The maximum Gasteiger partial charge on any atom is 0.320 e. The average Bonchev–Trinajstić information content (AvgIpc) is 2.36. The second-order valence-electron chi connectivity index (χ2n) is 4.20. The molecule has 0 radical (unpaired) electrons. The highest BCUT2D eigenvalue weighted by Gasteiger charge is 2.25. The summed E-state index contributed by atoms with van der Waals surface area (Å²) in [7, 11) is -1.57. The Bertz CT molecular complexity index is 377. The number of carboxylic acid groups (broad SMARTS) is 3. The van der Waals surface area contributed by atoms with Gasteiger partial charge in [-0.3, -0.25) is 14.4 Å². The van der Waals surface area contributed by atoms with E-state index in [9.17, 15) is 19.3 Å². The lowest BCUT2D eigenvalue weighted by Crippen LogP contribution is -2.30. The number of nitrogens with zero attached hydrogens (tertiary/aromatic N) is 1. The second kappa shape index (κ2) is 9.33. The largest absolute Gasteiger partial charge is 0.481 e. The van der Waals surface area contributed by atoms with Crippen LogP contribution in [0.2, 0.25) is 0 Å². The van der Waals surface area contributed by atoms with Crippen LogP contribution in [0.15, 0.2) is 4.95 Å². The molecule has 0 fully saturated rings. The van der Waals surface area contributed by atoms with E-state index in [1.54, 1.807) is 0 Å². The molecule has 0 aromatic carbocycles. The van der Waals surface area contributed by atoms with Gasteiger partial charge in [0.1, 0.15) is 6.04 Å². The molecule has 0 aliphatic carbocycles. The molecule has 0 rings (SSSR count). The zero-order chi connectivity index (χ0) is 15.7. The predicted octanol–water partition coefficient (Wildman–Crippen LogP) is 0.517. The molecule has 0 aliphatic heterocycles. The Morgan fingerprint density at radius 1 is 1.10 bits per heavy atom. The van der Waals surface area contributed by atoms with Gasteiger partial charge in [-0.25, -0.2) is 0 Å². The fourth-order valence-electron chi connectivity index (χ4n) is 1.42. The Hall–Kier alpha value is -1.60. The van der Waals surface area contributed by atoms with Gasteiger partial charge in [0.25, 0.3) is 0 Å². The van der Waals surface area contributed by atoms with Crippen LogP contribution in [-0.4, -0.2) is 51.6 Å². The van der Waals surface area contributed by atoms with Crippen LogP contribution in [0.3, 0.4) is 0 Å². The molecule has 0 bridgehead atoms. The maximum atomic E-state index is 11.0. The molecule has 0 amide bonds. The van der Waals surface area contributed by atoms with E-state index in [0.717, 1.165) is 0 Å². The standard InChI is InChI=1S/C10H17N2O7P/c11-7(10(17)18)3-4-20(12-19)5-6(9(15)16)1-2-8(13)14/h6-7H,1-5,11H2,(H,13,14)(H,15,16)(H,17,18). The minimum Gasteiger partial charge on any atom is -0.481 e. The van der Waals surface area contributed by atoms with Crippen molar-refractivity contribution in [2.75, 3.05) is 12.3 Å². The third-order valence-electron chi connectivity index (χ3n) is 2.62. The summed E-state index contributed by atoms with van der Waals surface area (Å²) in [6.45, 7) is 0. The van der Waals surface area contributed by atoms with E-state index in [1.165, 1.54) is 0 Å². The lowest BCUT2D eigenvalue weighted by Gasteiger charge is -2.15. The Morgan fingerprint density at radius 2 is 1.70 bits per heavy atom. The molecule has 0 aromatic heterocycles. The Labute approximate surface area is 115 Å². The van der Waals surface area contributed by atoms with Crippen LogP contribution >= 0.6 is 8.07 Å². The predicted molar refractivity (Wildman–Crippen MR) is 70.7 cm³/mol. The zero-order valence-corrected chi connectivity index (χ0v) is 11.5. The maximum absolute atomic E-state index is 11.0. The normalized spacial score (nSPS) is 15.1. The van der Waals surface area contributed by atoms with E-state index in [2.05, 4.69) is 4.95 Å². The molecule has 9 nitrogen and oxygen atoms in total. The highest BCUT2D eigenvalue weighted by molar-refractivity contribution is 7.56. The third kappa shape index (κ3) is 7.75. The van der Waals surface area contributed by atoms with Gasteiger partial charge >= 0.3 is 17.9 Å². The number of hydrogen-bond acceptors (Lipinski definition) is 6. The number of aliphatic carboxylic acids is 3. The molecule has 10 heteroatoms. The SMILES string of the molecule is NC(CCP(CC(CCC(=O)O)C(=O)O)N=O)C(=O)O. The van der Waals surface area contributed by atoms with Gasteiger partial charge in [-0.05, 0) is 24.0 Å². The van der Waals surface area contributed by atoms with Crippen LogP contribution < -0.4 is 5.73 Å². The highest BCUT2D eigenvalue weighted by atomic mass is 31.1. The van der Waals surface area contributed by atoms with Crippen LogP contribution in [-0.2, 0) is 14.4 Å². The first-order chi connectivity index (χ1) is 9.27.